The molecule has 0 spiro atoms. The minimum atomic E-state index is -0.536. The second kappa shape index (κ2) is 5.34. The maximum absolute atomic E-state index is 10.3. The fourth-order valence-corrected chi connectivity index (χ4v) is 3.32. The molecule has 2 aromatic rings. The van der Waals surface area contributed by atoms with E-state index in [1.807, 2.05) is 23.6 Å². The molecule has 0 saturated carbocycles. The summed E-state index contributed by atoms with van der Waals surface area (Å²) in [6, 6.07) is 10.2. The molecule has 1 unspecified atom stereocenters. The van der Waals surface area contributed by atoms with Crippen LogP contribution in [0.25, 0.3) is 0 Å². The van der Waals surface area contributed by atoms with Gasteiger partial charge in [-0.3, -0.25) is 0 Å². The van der Waals surface area contributed by atoms with Gasteiger partial charge in [0.1, 0.15) is 6.10 Å². The van der Waals surface area contributed by atoms with Crippen molar-refractivity contribution in [1.82, 2.24) is 0 Å². The van der Waals surface area contributed by atoms with Crippen LogP contribution >= 0.6 is 27.3 Å². The van der Waals surface area contributed by atoms with Crippen LogP contribution in [0.3, 0.4) is 0 Å². The maximum Gasteiger partial charge on any atom is 0.114 e. The smallest absolute Gasteiger partial charge is 0.114 e. The normalized spacial score (nSPS) is 13.0. The molecule has 0 amide bonds. The summed E-state index contributed by atoms with van der Waals surface area (Å²) in [6.45, 7) is 4.34. The van der Waals surface area contributed by atoms with Gasteiger partial charge in [0.05, 0.1) is 4.88 Å². The predicted octanol–water partition coefficient (Wildman–Crippen LogP) is 4.72. The van der Waals surface area contributed by atoms with Gasteiger partial charge in [-0.05, 0) is 44.4 Å². The molecule has 1 N–H and O–H groups in total. The Hall–Kier alpha value is -0.640. The Morgan fingerprint density at radius 1 is 1.06 bits per heavy atom. The molecule has 1 atom stereocenters. The fourth-order valence-electron chi connectivity index (χ4n) is 1.72. The zero-order valence-corrected chi connectivity index (χ0v) is 12.3. The Morgan fingerprint density at radius 2 is 1.65 bits per heavy atom. The predicted molar refractivity (Wildman–Crippen MR) is 76.6 cm³/mol. The average molecular weight is 311 g/mol. The van der Waals surface area contributed by atoms with Crippen molar-refractivity contribution >= 4 is 27.3 Å². The first-order chi connectivity index (χ1) is 8.09. The molecule has 2 rings (SSSR count). The molecule has 0 fully saturated rings. The van der Waals surface area contributed by atoms with E-state index in [4.69, 9.17) is 0 Å². The third-order valence-electron chi connectivity index (χ3n) is 2.81. The summed E-state index contributed by atoms with van der Waals surface area (Å²) in [7, 11) is 0. The van der Waals surface area contributed by atoms with Crippen LogP contribution in [0.5, 0.6) is 0 Å². The molecule has 90 valence electrons. The number of benzene rings is 1. The van der Waals surface area contributed by atoms with Crippen LogP contribution in [0.2, 0.25) is 0 Å². The van der Waals surface area contributed by atoms with Crippen molar-refractivity contribution in [3.05, 3.63) is 56.2 Å². The van der Waals surface area contributed by atoms with E-state index in [9.17, 15) is 5.11 Å². The van der Waals surface area contributed by atoms with Gasteiger partial charge >= 0.3 is 0 Å². The number of aliphatic hydroxyl groups is 1. The van der Waals surface area contributed by atoms with Crippen LogP contribution in [0.1, 0.15) is 41.9 Å². The van der Waals surface area contributed by atoms with E-state index < -0.39 is 6.10 Å². The molecule has 3 heteroatoms. The van der Waals surface area contributed by atoms with Gasteiger partial charge in [-0.2, -0.15) is 0 Å². The maximum atomic E-state index is 10.3. The molecule has 1 heterocycles. The van der Waals surface area contributed by atoms with Crippen molar-refractivity contribution in [2.75, 3.05) is 0 Å². The lowest BCUT2D eigenvalue weighted by Crippen LogP contribution is -1.98. The summed E-state index contributed by atoms with van der Waals surface area (Å²) in [5, 5.41) is 12.2. The number of rotatable bonds is 3. The average Bonchev–Trinajstić information content (AvgIpc) is 2.74. The van der Waals surface area contributed by atoms with Gasteiger partial charge in [0.15, 0.2) is 0 Å². The lowest BCUT2D eigenvalue weighted by Gasteiger charge is -2.12. The number of hydrogen-bond donors (Lipinski definition) is 1. The zero-order chi connectivity index (χ0) is 12.4. The molecule has 0 aliphatic carbocycles. The van der Waals surface area contributed by atoms with E-state index in [0.29, 0.717) is 5.92 Å². The van der Waals surface area contributed by atoms with Crippen LogP contribution in [-0.2, 0) is 0 Å². The standard InChI is InChI=1S/C14H15BrOS/c1-9(2)10-3-5-11(6-4-10)13(16)14-12(15)7-8-17-14/h3-9,13,16H,1-2H3. The van der Waals surface area contributed by atoms with Crippen molar-refractivity contribution in [3.63, 3.8) is 0 Å². The van der Waals surface area contributed by atoms with Crippen molar-refractivity contribution in [2.45, 2.75) is 25.9 Å². The highest BCUT2D eigenvalue weighted by Gasteiger charge is 2.15. The summed E-state index contributed by atoms with van der Waals surface area (Å²) in [4.78, 5) is 0.960. The molecule has 0 saturated heterocycles. The largest absolute Gasteiger partial charge is 0.383 e. The van der Waals surface area contributed by atoms with Crippen molar-refractivity contribution in [2.24, 2.45) is 0 Å². The van der Waals surface area contributed by atoms with Crippen LogP contribution in [0.15, 0.2) is 40.2 Å². The van der Waals surface area contributed by atoms with Gasteiger partial charge in [0, 0.05) is 4.47 Å². The first kappa shape index (κ1) is 12.8. The second-order valence-corrected chi connectivity index (χ2v) is 6.16. The summed E-state index contributed by atoms with van der Waals surface area (Å²) in [6.07, 6.45) is -0.536. The van der Waals surface area contributed by atoms with Crippen molar-refractivity contribution in [3.8, 4) is 0 Å². The van der Waals surface area contributed by atoms with Gasteiger partial charge in [0.2, 0.25) is 0 Å². The lowest BCUT2D eigenvalue weighted by molar-refractivity contribution is 0.223. The van der Waals surface area contributed by atoms with Crippen LogP contribution in [-0.4, -0.2) is 5.11 Å². The van der Waals surface area contributed by atoms with E-state index in [2.05, 4.69) is 41.9 Å². The molecular formula is C14H15BrOS. The number of thiophene rings is 1. The summed E-state index contributed by atoms with van der Waals surface area (Å²) in [5.74, 6) is 0.523. The zero-order valence-electron chi connectivity index (χ0n) is 9.85. The minimum Gasteiger partial charge on any atom is -0.383 e. The van der Waals surface area contributed by atoms with E-state index in [1.54, 1.807) is 11.3 Å². The lowest BCUT2D eigenvalue weighted by atomic mass is 9.99. The molecule has 0 radical (unpaired) electrons. The summed E-state index contributed by atoms with van der Waals surface area (Å²) in [5.41, 5.74) is 2.24. The first-order valence-electron chi connectivity index (χ1n) is 5.60. The Bertz CT molecular complexity index is 487. The third kappa shape index (κ3) is 2.79. The highest BCUT2D eigenvalue weighted by atomic mass is 79.9. The molecule has 0 aliphatic rings. The quantitative estimate of drug-likeness (QED) is 0.870. The van der Waals surface area contributed by atoms with Crippen LogP contribution < -0.4 is 0 Å². The Morgan fingerprint density at radius 3 is 2.12 bits per heavy atom. The van der Waals surface area contributed by atoms with Crippen LogP contribution in [0.4, 0.5) is 0 Å². The molecule has 0 aliphatic heterocycles. The molecule has 17 heavy (non-hydrogen) atoms. The summed E-state index contributed by atoms with van der Waals surface area (Å²) < 4.78 is 0.975. The highest BCUT2D eigenvalue weighted by Crippen LogP contribution is 2.33. The Kier molecular flexibility index (Phi) is 4.02. The number of hydrogen-bond acceptors (Lipinski definition) is 2. The van der Waals surface area contributed by atoms with Gasteiger partial charge < -0.3 is 5.11 Å². The van der Waals surface area contributed by atoms with E-state index in [0.717, 1.165) is 14.9 Å². The fraction of sp³-hybridized carbons (Fsp3) is 0.286. The van der Waals surface area contributed by atoms with E-state index in [-0.39, 0.29) is 0 Å². The summed E-state index contributed by atoms with van der Waals surface area (Å²) >= 11 is 5.02. The topological polar surface area (TPSA) is 20.2 Å². The van der Waals surface area contributed by atoms with Gasteiger partial charge in [-0.25, -0.2) is 0 Å². The third-order valence-corrected chi connectivity index (χ3v) is 4.74. The molecule has 1 nitrogen and oxygen atoms in total. The van der Waals surface area contributed by atoms with Crippen molar-refractivity contribution in [1.29, 1.82) is 0 Å². The molecule has 1 aromatic carbocycles. The minimum absolute atomic E-state index is 0.523. The molecule has 1 aromatic heterocycles. The number of aliphatic hydroxyl groups excluding tert-OH is 1. The first-order valence-corrected chi connectivity index (χ1v) is 7.27. The highest BCUT2D eigenvalue weighted by molar-refractivity contribution is 9.10. The van der Waals surface area contributed by atoms with Gasteiger partial charge in [0.25, 0.3) is 0 Å². The second-order valence-electron chi connectivity index (χ2n) is 4.36. The Labute approximate surface area is 114 Å². The molecule has 0 bridgehead atoms. The van der Waals surface area contributed by atoms with Crippen LogP contribution in [0, 0.1) is 0 Å². The SMILES string of the molecule is CC(C)c1ccc(C(O)c2sccc2Br)cc1. The number of halogens is 1. The van der Waals surface area contributed by atoms with Crippen molar-refractivity contribution < 1.29 is 5.11 Å². The molecular weight excluding hydrogens is 296 g/mol. The van der Waals surface area contributed by atoms with E-state index in [1.165, 1.54) is 5.56 Å². The monoisotopic (exact) mass is 310 g/mol. The Balaban J connectivity index is 2.26. The van der Waals surface area contributed by atoms with Gasteiger partial charge in [-0.1, -0.05) is 38.1 Å². The van der Waals surface area contributed by atoms with E-state index >= 15 is 0 Å². The van der Waals surface area contributed by atoms with Gasteiger partial charge in [-0.15, -0.1) is 11.3 Å².